The molecule has 1 fully saturated rings. The molecule has 0 atom stereocenters. The fraction of sp³-hybridized carbons (Fsp3) is 0.333. The van der Waals surface area contributed by atoms with Crippen LogP contribution in [0.1, 0.15) is 71.3 Å². The van der Waals surface area contributed by atoms with Gasteiger partial charge in [0.2, 0.25) is 0 Å². The summed E-state index contributed by atoms with van der Waals surface area (Å²) in [5.41, 5.74) is 6.10. The van der Waals surface area contributed by atoms with Crippen LogP contribution in [0.3, 0.4) is 0 Å². The molecule has 0 bridgehead atoms. The Balaban J connectivity index is 1.33. The molecule has 0 unspecified atom stereocenters. The van der Waals surface area contributed by atoms with Crippen LogP contribution in [-0.4, -0.2) is 35.5 Å². The summed E-state index contributed by atoms with van der Waals surface area (Å²) in [6.45, 7) is 1.52. The van der Waals surface area contributed by atoms with Gasteiger partial charge in [0, 0.05) is 11.4 Å². The largest absolute Gasteiger partial charge is 0.452 e. The molecule has 37 heavy (non-hydrogen) atoms. The number of nitrogens with one attached hydrogen (secondary N) is 2. The number of imide groups is 1. The third-order valence-corrected chi connectivity index (χ3v) is 7.09. The minimum Gasteiger partial charge on any atom is -0.452 e. The Kier molecular flexibility index (Phi) is 7.30. The van der Waals surface area contributed by atoms with Gasteiger partial charge in [-0.25, -0.2) is 14.6 Å². The van der Waals surface area contributed by atoms with Crippen LogP contribution >= 0.6 is 0 Å². The molecule has 0 spiro atoms. The van der Waals surface area contributed by atoms with Crippen molar-refractivity contribution in [1.29, 1.82) is 0 Å². The van der Waals surface area contributed by atoms with E-state index >= 15 is 0 Å². The molecule has 190 valence electrons. The molecule has 1 heterocycles. The van der Waals surface area contributed by atoms with Gasteiger partial charge >= 0.3 is 12.0 Å². The number of pyridine rings is 1. The highest BCUT2D eigenvalue weighted by molar-refractivity contribution is 6.08. The number of aryl methyl sites for hydroxylation is 1. The van der Waals surface area contributed by atoms with Crippen molar-refractivity contribution in [2.24, 2.45) is 0 Å². The molecular weight excluding hydrogens is 466 g/mol. The van der Waals surface area contributed by atoms with Gasteiger partial charge in [0.1, 0.15) is 0 Å². The second kappa shape index (κ2) is 10.9. The second-order valence-corrected chi connectivity index (χ2v) is 9.84. The number of nitrogens with zero attached hydrogens (tertiary/aromatic N) is 1. The van der Waals surface area contributed by atoms with E-state index in [1.807, 2.05) is 24.3 Å². The summed E-state index contributed by atoms with van der Waals surface area (Å²) in [6.07, 6.45) is 8.67. The third kappa shape index (κ3) is 5.71. The van der Waals surface area contributed by atoms with Gasteiger partial charge in [-0.05, 0) is 61.4 Å². The zero-order valence-corrected chi connectivity index (χ0v) is 21.0. The van der Waals surface area contributed by atoms with Gasteiger partial charge in [0.25, 0.3) is 5.91 Å². The van der Waals surface area contributed by atoms with Crippen molar-refractivity contribution < 1.29 is 19.1 Å². The Labute approximate surface area is 216 Å². The van der Waals surface area contributed by atoms with Crippen molar-refractivity contribution in [3.05, 3.63) is 76.5 Å². The van der Waals surface area contributed by atoms with Crippen LogP contribution in [0.15, 0.2) is 48.5 Å². The first kappa shape index (κ1) is 24.7. The maximum absolute atomic E-state index is 13.3. The zero-order chi connectivity index (χ0) is 25.8. The summed E-state index contributed by atoms with van der Waals surface area (Å²) in [5, 5.41) is 5.80. The van der Waals surface area contributed by atoms with E-state index in [4.69, 9.17) is 9.72 Å². The lowest BCUT2D eigenvalue weighted by molar-refractivity contribution is -0.123. The molecule has 5 rings (SSSR count). The highest BCUT2D eigenvalue weighted by Crippen LogP contribution is 2.37. The van der Waals surface area contributed by atoms with Crippen molar-refractivity contribution in [3.63, 3.8) is 0 Å². The van der Waals surface area contributed by atoms with Gasteiger partial charge < -0.3 is 10.1 Å². The SMILES string of the molecule is Cc1ccc(/C=C2\CCc3c2nc2ccccc2c3C(=O)OCC(=O)NC(=O)NC2CCCCC2)cc1. The number of hydrogen-bond acceptors (Lipinski definition) is 5. The van der Waals surface area contributed by atoms with Crippen LogP contribution in [0.2, 0.25) is 0 Å². The summed E-state index contributed by atoms with van der Waals surface area (Å²) >= 11 is 0. The highest BCUT2D eigenvalue weighted by Gasteiger charge is 2.28. The smallest absolute Gasteiger partial charge is 0.339 e. The van der Waals surface area contributed by atoms with Crippen LogP contribution < -0.4 is 10.6 Å². The highest BCUT2D eigenvalue weighted by atomic mass is 16.5. The fourth-order valence-corrected chi connectivity index (χ4v) is 5.21. The van der Waals surface area contributed by atoms with Crippen molar-refractivity contribution in [3.8, 4) is 0 Å². The number of carbonyl (C=O) groups is 3. The first-order chi connectivity index (χ1) is 18.0. The Morgan fingerprint density at radius 3 is 2.54 bits per heavy atom. The topological polar surface area (TPSA) is 97.4 Å². The van der Waals surface area contributed by atoms with Crippen LogP contribution in [0.25, 0.3) is 22.6 Å². The quantitative estimate of drug-likeness (QED) is 0.464. The summed E-state index contributed by atoms with van der Waals surface area (Å²) in [6, 6.07) is 15.3. The minimum atomic E-state index is -0.656. The Bertz CT molecular complexity index is 1370. The van der Waals surface area contributed by atoms with Gasteiger partial charge in [-0.3, -0.25) is 10.1 Å². The number of para-hydroxylation sites is 1. The number of fused-ring (bicyclic) bond motifs is 2. The number of amides is 3. The number of benzene rings is 2. The van der Waals surface area contributed by atoms with E-state index in [0.29, 0.717) is 22.9 Å². The van der Waals surface area contributed by atoms with Crippen LogP contribution in [0.5, 0.6) is 0 Å². The Morgan fingerprint density at radius 2 is 1.76 bits per heavy atom. The standard InChI is InChI=1S/C30H31N3O4/c1-19-11-13-20(14-12-19)17-21-15-16-24-27(23-9-5-6-10-25(23)32-28(21)24)29(35)37-18-26(34)33-30(36)31-22-7-3-2-4-8-22/h5-6,9-14,17,22H,2-4,7-8,15-16,18H2,1H3,(H2,31,33,34,36)/b21-17+. The predicted octanol–water partition coefficient (Wildman–Crippen LogP) is 5.35. The lowest BCUT2D eigenvalue weighted by Gasteiger charge is -2.22. The number of carbonyl (C=O) groups excluding carboxylic acids is 3. The third-order valence-electron chi connectivity index (χ3n) is 7.09. The number of allylic oxidation sites excluding steroid dienone is 1. The second-order valence-electron chi connectivity index (χ2n) is 9.84. The van der Waals surface area contributed by atoms with Crippen molar-refractivity contribution in [2.45, 2.75) is 57.9 Å². The zero-order valence-electron chi connectivity index (χ0n) is 21.0. The number of urea groups is 1. The van der Waals surface area contributed by atoms with Crippen molar-refractivity contribution in [2.75, 3.05) is 6.61 Å². The first-order valence-corrected chi connectivity index (χ1v) is 12.9. The summed E-state index contributed by atoms with van der Waals surface area (Å²) in [4.78, 5) is 42.7. The fourth-order valence-electron chi connectivity index (χ4n) is 5.21. The average molecular weight is 498 g/mol. The maximum atomic E-state index is 13.3. The number of hydrogen-bond donors (Lipinski definition) is 2. The molecule has 7 heteroatoms. The summed E-state index contributed by atoms with van der Waals surface area (Å²) in [7, 11) is 0. The first-order valence-electron chi connectivity index (χ1n) is 12.9. The molecule has 2 N–H and O–H groups in total. The molecule has 0 aliphatic heterocycles. The molecule has 0 radical (unpaired) electrons. The van der Waals surface area contributed by atoms with E-state index in [9.17, 15) is 14.4 Å². The average Bonchev–Trinajstić information content (AvgIpc) is 3.29. The summed E-state index contributed by atoms with van der Waals surface area (Å²) in [5.74, 6) is -1.24. The molecule has 2 aromatic carbocycles. The van der Waals surface area contributed by atoms with Gasteiger partial charge in [-0.2, -0.15) is 0 Å². The van der Waals surface area contributed by atoms with E-state index in [0.717, 1.165) is 54.5 Å². The van der Waals surface area contributed by atoms with Crippen LogP contribution in [0.4, 0.5) is 4.79 Å². The molecule has 1 aromatic heterocycles. The van der Waals surface area contributed by atoms with E-state index in [1.54, 1.807) is 0 Å². The molecule has 2 aliphatic carbocycles. The molecule has 0 saturated heterocycles. The van der Waals surface area contributed by atoms with Crippen LogP contribution in [0, 0.1) is 6.92 Å². The van der Waals surface area contributed by atoms with Crippen molar-refractivity contribution in [1.82, 2.24) is 15.6 Å². The molecule has 2 aliphatic rings. The molecule has 3 aromatic rings. The molecule has 1 saturated carbocycles. The number of aromatic nitrogens is 1. The van der Waals surface area contributed by atoms with Gasteiger partial charge in [0.15, 0.2) is 6.61 Å². The number of rotatable bonds is 5. The summed E-state index contributed by atoms with van der Waals surface area (Å²) < 4.78 is 5.40. The Morgan fingerprint density at radius 1 is 1.00 bits per heavy atom. The maximum Gasteiger partial charge on any atom is 0.339 e. The lowest BCUT2D eigenvalue weighted by Crippen LogP contribution is -2.46. The normalized spacial score (nSPS) is 16.4. The van der Waals surface area contributed by atoms with Gasteiger partial charge in [0.05, 0.1) is 16.8 Å². The minimum absolute atomic E-state index is 0.0806. The lowest BCUT2D eigenvalue weighted by atomic mass is 9.96. The van der Waals surface area contributed by atoms with E-state index in [1.165, 1.54) is 12.0 Å². The molecular formula is C30H31N3O4. The van der Waals surface area contributed by atoms with E-state index < -0.39 is 24.5 Å². The Hall–Kier alpha value is -4.00. The predicted molar refractivity (Wildman–Crippen MR) is 143 cm³/mol. The van der Waals surface area contributed by atoms with E-state index in [-0.39, 0.29) is 6.04 Å². The van der Waals surface area contributed by atoms with E-state index in [2.05, 4.69) is 47.9 Å². The van der Waals surface area contributed by atoms with Gasteiger partial charge in [-0.1, -0.05) is 67.3 Å². The number of ether oxygens (including phenoxy) is 1. The monoisotopic (exact) mass is 497 g/mol. The van der Waals surface area contributed by atoms with Crippen LogP contribution in [-0.2, 0) is 16.0 Å². The molecule has 7 nitrogen and oxygen atoms in total. The number of esters is 1. The molecule has 3 amide bonds. The van der Waals surface area contributed by atoms with Gasteiger partial charge in [-0.15, -0.1) is 0 Å². The van der Waals surface area contributed by atoms with Crippen molar-refractivity contribution >= 4 is 40.5 Å².